The summed E-state index contributed by atoms with van der Waals surface area (Å²) in [5, 5.41) is 0. The quantitative estimate of drug-likeness (QED) is 0.573. The second-order valence-corrected chi connectivity index (χ2v) is 3.90. The third-order valence-corrected chi connectivity index (χ3v) is 1.91. The Morgan fingerprint density at radius 1 is 1.44 bits per heavy atom. The third-order valence-electron chi connectivity index (χ3n) is 1.71. The summed E-state index contributed by atoms with van der Waals surface area (Å²) >= 11 is 2.11. The van der Waals surface area contributed by atoms with Gasteiger partial charge in [0.05, 0.1) is 0 Å². The Morgan fingerprint density at radius 3 is 2.62 bits per heavy atom. The lowest BCUT2D eigenvalue weighted by atomic mass is 10.2. The van der Waals surface area contributed by atoms with Gasteiger partial charge in [-0.3, -0.25) is 0 Å². The first-order valence-electron chi connectivity index (χ1n) is 5.38. The van der Waals surface area contributed by atoms with Crippen LogP contribution in [0.4, 0.5) is 8.78 Å². The molecule has 1 heterocycles. The number of hydrogen-bond acceptors (Lipinski definition) is 2. The molecule has 0 aromatic rings. The minimum atomic E-state index is -3.12. The molecule has 0 aromatic heterocycles. The lowest BCUT2D eigenvalue weighted by Crippen LogP contribution is -2.22. The van der Waals surface area contributed by atoms with Gasteiger partial charge >= 0.3 is 4.83 Å². The average Bonchev–Trinajstić information content (AvgIpc) is 2.28. The van der Waals surface area contributed by atoms with E-state index in [1.165, 1.54) is 0 Å². The molecule has 0 saturated carbocycles. The molecule has 0 aliphatic carbocycles. The van der Waals surface area contributed by atoms with Crippen LogP contribution in [0.15, 0.2) is 0 Å². The van der Waals surface area contributed by atoms with Gasteiger partial charge in [0.15, 0.2) is 6.29 Å². The Labute approximate surface area is 104 Å². The molecule has 1 rings (SSSR count). The van der Waals surface area contributed by atoms with Gasteiger partial charge in [-0.15, -0.1) is 0 Å². The van der Waals surface area contributed by atoms with Crippen LogP contribution in [-0.2, 0) is 9.47 Å². The molecular formula is C11H17BrF2O2. The first kappa shape index (κ1) is 15.8. The van der Waals surface area contributed by atoms with Crippen molar-refractivity contribution >= 4 is 15.9 Å². The van der Waals surface area contributed by atoms with E-state index < -0.39 is 4.83 Å². The first-order chi connectivity index (χ1) is 7.58. The molecule has 0 aromatic carbocycles. The highest BCUT2D eigenvalue weighted by atomic mass is 79.9. The Balaban J connectivity index is 0.00000106. The molecule has 1 atom stereocenters. The molecule has 0 radical (unpaired) electrons. The van der Waals surface area contributed by atoms with Crippen LogP contribution in [0.2, 0.25) is 0 Å². The van der Waals surface area contributed by atoms with Gasteiger partial charge in [-0.05, 0) is 25.2 Å². The fourth-order valence-electron chi connectivity index (χ4n) is 1.11. The molecule has 0 bridgehead atoms. The highest BCUT2D eigenvalue weighted by Crippen LogP contribution is 2.19. The normalized spacial score (nSPS) is 20.2. The number of rotatable bonds is 2. The van der Waals surface area contributed by atoms with Gasteiger partial charge in [0.25, 0.3) is 0 Å². The maximum absolute atomic E-state index is 12.1. The van der Waals surface area contributed by atoms with Crippen molar-refractivity contribution in [3.8, 4) is 11.8 Å². The SMILES string of the molecule is CC.FC(F)(Br)C#CCOC1CCCCO1. The summed E-state index contributed by atoms with van der Waals surface area (Å²) in [5.74, 6) is 3.94. The predicted octanol–water partition coefficient (Wildman–Crippen LogP) is 3.55. The highest BCUT2D eigenvalue weighted by Gasteiger charge is 2.19. The standard InChI is InChI=1S/C9H11BrF2O2.C2H6/c10-9(11,12)5-3-7-14-8-4-1-2-6-13-8;1-2/h8H,1-2,4,6-7H2;1-2H3. The molecule has 94 valence electrons. The second kappa shape index (κ2) is 8.91. The lowest BCUT2D eigenvalue weighted by Gasteiger charge is -2.21. The molecule has 2 nitrogen and oxygen atoms in total. The Morgan fingerprint density at radius 2 is 2.12 bits per heavy atom. The molecule has 5 heteroatoms. The van der Waals surface area contributed by atoms with E-state index in [1.54, 1.807) is 5.92 Å². The Bertz CT molecular complexity index is 224. The van der Waals surface area contributed by atoms with Crippen LogP contribution >= 0.6 is 15.9 Å². The lowest BCUT2D eigenvalue weighted by molar-refractivity contribution is -0.154. The molecule has 0 spiro atoms. The van der Waals surface area contributed by atoms with E-state index in [0.29, 0.717) is 6.61 Å². The molecule has 1 unspecified atom stereocenters. The Hall–Kier alpha value is -0.180. The third kappa shape index (κ3) is 9.08. The van der Waals surface area contributed by atoms with Crippen LogP contribution in [0, 0.1) is 11.8 Å². The zero-order chi connectivity index (χ0) is 12.4. The van der Waals surface area contributed by atoms with Crippen molar-refractivity contribution in [3.63, 3.8) is 0 Å². The summed E-state index contributed by atoms with van der Waals surface area (Å²) in [6, 6.07) is 0. The van der Waals surface area contributed by atoms with Crippen LogP contribution in [0.5, 0.6) is 0 Å². The van der Waals surface area contributed by atoms with Crippen molar-refractivity contribution in [2.75, 3.05) is 13.2 Å². The average molecular weight is 299 g/mol. The predicted molar refractivity (Wildman–Crippen MR) is 62.5 cm³/mol. The van der Waals surface area contributed by atoms with Crippen LogP contribution in [0.25, 0.3) is 0 Å². The molecule has 1 fully saturated rings. The van der Waals surface area contributed by atoms with Gasteiger partial charge in [0.1, 0.15) is 6.61 Å². The number of hydrogen-bond donors (Lipinski definition) is 0. The van der Waals surface area contributed by atoms with Crippen molar-refractivity contribution in [3.05, 3.63) is 0 Å². The van der Waals surface area contributed by atoms with Gasteiger partial charge in [0.2, 0.25) is 0 Å². The van der Waals surface area contributed by atoms with Gasteiger partial charge < -0.3 is 9.47 Å². The zero-order valence-corrected chi connectivity index (χ0v) is 11.1. The molecule has 16 heavy (non-hydrogen) atoms. The van der Waals surface area contributed by atoms with Crippen LogP contribution in [0.3, 0.4) is 0 Å². The number of ether oxygens (including phenoxy) is 2. The molecule has 0 amide bonds. The van der Waals surface area contributed by atoms with E-state index in [9.17, 15) is 8.78 Å². The van der Waals surface area contributed by atoms with Crippen molar-refractivity contribution < 1.29 is 18.3 Å². The molecular weight excluding hydrogens is 282 g/mol. The minimum absolute atomic E-state index is 0.0220. The van der Waals surface area contributed by atoms with Crippen LogP contribution in [-0.4, -0.2) is 24.3 Å². The topological polar surface area (TPSA) is 18.5 Å². The van der Waals surface area contributed by atoms with Gasteiger partial charge in [0, 0.05) is 22.5 Å². The fraction of sp³-hybridized carbons (Fsp3) is 0.818. The van der Waals surface area contributed by atoms with Gasteiger partial charge in [-0.25, -0.2) is 0 Å². The maximum Gasteiger partial charge on any atom is 0.363 e. The van der Waals surface area contributed by atoms with Crippen molar-refractivity contribution in [1.82, 2.24) is 0 Å². The minimum Gasteiger partial charge on any atom is -0.353 e. The molecule has 1 saturated heterocycles. The summed E-state index contributed by atoms with van der Waals surface area (Å²) in [5.41, 5.74) is 0. The fourth-order valence-corrected chi connectivity index (χ4v) is 1.25. The zero-order valence-electron chi connectivity index (χ0n) is 9.56. The second-order valence-electron chi connectivity index (χ2n) is 2.91. The first-order valence-corrected chi connectivity index (χ1v) is 6.17. The van der Waals surface area contributed by atoms with E-state index in [0.717, 1.165) is 19.3 Å². The van der Waals surface area contributed by atoms with Gasteiger partial charge in [-0.1, -0.05) is 19.8 Å². The van der Waals surface area contributed by atoms with E-state index >= 15 is 0 Å². The van der Waals surface area contributed by atoms with E-state index in [-0.39, 0.29) is 12.9 Å². The molecule has 1 aliphatic heterocycles. The Kier molecular flexibility index (Phi) is 8.81. The molecule has 1 aliphatic rings. The maximum atomic E-state index is 12.1. The number of alkyl halides is 3. The summed E-state index contributed by atoms with van der Waals surface area (Å²) in [7, 11) is 0. The van der Waals surface area contributed by atoms with Gasteiger partial charge in [-0.2, -0.15) is 8.78 Å². The number of halogens is 3. The highest BCUT2D eigenvalue weighted by molar-refractivity contribution is 9.10. The van der Waals surface area contributed by atoms with Crippen LogP contribution < -0.4 is 0 Å². The van der Waals surface area contributed by atoms with Crippen molar-refractivity contribution in [2.24, 2.45) is 0 Å². The van der Waals surface area contributed by atoms with Crippen molar-refractivity contribution in [1.29, 1.82) is 0 Å². The smallest absolute Gasteiger partial charge is 0.353 e. The van der Waals surface area contributed by atoms with E-state index in [2.05, 4.69) is 21.9 Å². The molecule has 0 N–H and O–H groups in total. The van der Waals surface area contributed by atoms with E-state index in [1.807, 2.05) is 13.8 Å². The summed E-state index contributed by atoms with van der Waals surface area (Å²) in [6.07, 6.45) is 2.62. The monoisotopic (exact) mass is 298 g/mol. The largest absolute Gasteiger partial charge is 0.363 e. The summed E-state index contributed by atoms with van der Waals surface area (Å²) in [4.78, 5) is -3.12. The van der Waals surface area contributed by atoms with E-state index in [4.69, 9.17) is 9.47 Å². The van der Waals surface area contributed by atoms with Crippen LogP contribution in [0.1, 0.15) is 33.1 Å². The van der Waals surface area contributed by atoms with Crippen molar-refractivity contribution in [2.45, 2.75) is 44.2 Å². The summed E-state index contributed by atoms with van der Waals surface area (Å²) in [6.45, 7) is 4.65. The summed E-state index contributed by atoms with van der Waals surface area (Å²) < 4.78 is 34.6.